The Hall–Kier alpha value is -3.22. The summed E-state index contributed by atoms with van der Waals surface area (Å²) in [7, 11) is 0. The Kier molecular flexibility index (Phi) is 4.51. The molecule has 0 spiro atoms. The molecule has 0 fully saturated rings. The SMILES string of the molecule is CCc1ccc(-c2noc(COC(=O)c3cc[n+]([O-])cc3)n2)cc1. The van der Waals surface area contributed by atoms with Gasteiger partial charge in [-0.15, -0.1) is 0 Å². The van der Waals surface area contributed by atoms with Crippen LogP contribution < -0.4 is 4.73 Å². The maximum absolute atomic E-state index is 11.9. The first-order valence-electron chi connectivity index (χ1n) is 7.43. The van der Waals surface area contributed by atoms with E-state index in [2.05, 4.69) is 17.1 Å². The highest BCUT2D eigenvalue weighted by atomic mass is 16.6. The molecule has 3 rings (SSSR count). The maximum atomic E-state index is 11.9. The summed E-state index contributed by atoms with van der Waals surface area (Å²) in [5.41, 5.74) is 2.33. The van der Waals surface area contributed by atoms with Gasteiger partial charge >= 0.3 is 5.97 Å². The van der Waals surface area contributed by atoms with E-state index in [9.17, 15) is 10.0 Å². The lowest BCUT2D eigenvalue weighted by Crippen LogP contribution is -2.24. The lowest BCUT2D eigenvalue weighted by molar-refractivity contribution is -0.605. The zero-order chi connectivity index (χ0) is 16.9. The second-order valence-corrected chi connectivity index (χ2v) is 5.09. The number of rotatable bonds is 5. The molecule has 1 aromatic carbocycles. The third kappa shape index (κ3) is 3.57. The number of aromatic nitrogens is 3. The van der Waals surface area contributed by atoms with E-state index >= 15 is 0 Å². The van der Waals surface area contributed by atoms with Crippen LogP contribution in [0.4, 0.5) is 0 Å². The highest BCUT2D eigenvalue weighted by molar-refractivity contribution is 5.88. The number of hydrogen-bond acceptors (Lipinski definition) is 6. The highest BCUT2D eigenvalue weighted by Crippen LogP contribution is 2.17. The normalized spacial score (nSPS) is 10.5. The standard InChI is InChI=1S/C17H15N3O4/c1-2-12-3-5-13(6-4-12)16-18-15(24-19-16)11-23-17(21)14-7-9-20(22)10-8-14/h3-10H,2,11H2,1H3. The number of benzene rings is 1. The van der Waals surface area contributed by atoms with Crippen LogP contribution in [-0.2, 0) is 17.8 Å². The Bertz CT molecular complexity index is 826. The van der Waals surface area contributed by atoms with Crippen molar-refractivity contribution in [2.45, 2.75) is 20.0 Å². The van der Waals surface area contributed by atoms with Crippen LogP contribution in [0.15, 0.2) is 53.3 Å². The number of pyridine rings is 1. The molecule has 0 aliphatic rings. The molecule has 0 radical (unpaired) electrons. The molecule has 0 aliphatic carbocycles. The first-order chi connectivity index (χ1) is 11.7. The van der Waals surface area contributed by atoms with Crippen molar-refractivity contribution in [2.75, 3.05) is 0 Å². The molecule has 3 aromatic rings. The van der Waals surface area contributed by atoms with Crippen LogP contribution in [0.2, 0.25) is 0 Å². The molecule has 7 nitrogen and oxygen atoms in total. The molecule has 24 heavy (non-hydrogen) atoms. The zero-order valence-electron chi connectivity index (χ0n) is 13.0. The number of esters is 1. The minimum atomic E-state index is -0.567. The molecule has 0 bridgehead atoms. The van der Waals surface area contributed by atoms with E-state index in [1.54, 1.807) is 0 Å². The van der Waals surface area contributed by atoms with Crippen molar-refractivity contribution in [3.63, 3.8) is 0 Å². The molecule has 0 aliphatic heterocycles. The second-order valence-electron chi connectivity index (χ2n) is 5.09. The summed E-state index contributed by atoms with van der Waals surface area (Å²) in [5, 5.41) is 14.8. The predicted octanol–water partition coefficient (Wildman–Crippen LogP) is 2.29. The summed E-state index contributed by atoms with van der Waals surface area (Å²) in [6.45, 7) is 1.95. The Balaban J connectivity index is 1.63. The van der Waals surface area contributed by atoms with E-state index in [0.717, 1.165) is 12.0 Å². The third-order valence-corrected chi connectivity index (χ3v) is 3.45. The van der Waals surface area contributed by atoms with Gasteiger partial charge in [-0.3, -0.25) is 0 Å². The van der Waals surface area contributed by atoms with Crippen LogP contribution in [0.1, 0.15) is 28.7 Å². The van der Waals surface area contributed by atoms with E-state index in [0.29, 0.717) is 10.6 Å². The molecule has 0 N–H and O–H groups in total. The molecular weight excluding hydrogens is 310 g/mol. The van der Waals surface area contributed by atoms with Crippen molar-refractivity contribution in [3.05, 3.63) is 71.0 Å². The monoisotopic (exact) mass is 325 g/mol. The smallest absolute Gasteiger partial charge is 0.339 e. The van der Waals surface area contributed by atoms with Gasteiger partial charge in [-0.25, -0.2) is 4.79 Å². The van der Waals surface area contributed by atoms with Gasteiger partial charge in [0, 0.05) is 17.7 Å². The van der Waals surface area contributed by atoms with Crippen molar-refractivity contribution < 1.29 is 18.8 Å². The second kappa shape index (κ2) is 6.91. The van der Waals surface area contributed by atoms with Gasteiger partial charge in [0.15, 0.2) is 19.0 Å². The number of ether oxygens (including phenoxy) is 1. The minimum Gasteiger partial charge on any atom is -0.619 e. The zero-order valence-corrected chi connectivity index (χ0v) is 13.0. The molecule has 0 saturated carbocycles. The van der Waals surface area contributed by atoms with Crippen molar-refractivity contribution in [3.8, 4) is 11.4 Å². The summed E-state index contributed by atoms with van der Waals surface area (Å²) in [5.74, 6) is 0.0752. The lowest BCUT2D eigenvalue weighted by atomic mass is 10.1. The van der Waals surface area contributed by atoms with Crippen LogP contribution in [0.25, 0.3) is 11.4 Å². The summed E-state index contributed by atoms with van der Waals surface area (Å²) < 4.78 is 10.8. The first-order valence-corrected chi connectivity index (χ1v) is 7.43. The van der Waals surface area contributed by atoms with Crippen molar-refractivity contribution in [1.82, 2.24) is 10.1 Å². The molecule has 0 unspecified atom stereocenters. The van der Waals surface area contributed by atoms with Gasteiger partial charge in [-0.2, -0.15) is 9.71 Å². The molecule has 0 amide bonds. The number of carbonyl (C=O) groups excluding carboxylic acids is 1. The van der Waals surface area contributed by atoms with Crippen LogP contribution in [0.5, 0.6) is 0 Å². The van der Waals surface area contributed by atoms with Crippen molar-refractivity contribution in [2.24, 2.45) is 0 Å². The number of carbonyl (C=O) groups is 1. The van der Waals surface area contributed by atoms with Crippen LogP contribution >= 0.6 is 0 Å². The number of hydrogen-bond donors (Lipinski definition) is 0. The number of aryl methyl sites for hydroxylation is 1. The lowest BCUT2D eigenvalue weighted by Gasteiger charge is -2.01. The van der Waals surface area contributed by atoms with Crippen molar-refractivity contribution in [1.29, 1.82) is 0 Å². The van der Waals surface area contributed by atoms with Gasteiger partial charge in [0.2, 0.25) is 5.82 Å². The molecule has 2 heterocycles. The average Bonchev–Trinajstić information content (AvgIpc) is 3.09. The van der Waals surface area contributed by atoms with Crippen molar-refractivity contribution >= 4 is 5.97 Å². The van der Waals surface area contributed by atoms with E-state index < -0.39 is 5.97 Å². The molecule has 0 saturated heterocycles. The van der Waals surface area contributed by atoms with Gasteiger partial charge in [-0.1, -0.05) is 36.3 Å². The number of nitrogens with zero attached hydrogens (tertiary/aromatic N) is 3. The molecule has 122 valence electrons. The van der Waals surface area contributed by atoms with Crippen LogP contribution in [0.3, 0.4) is 0 Å². The van der Waals surface area contributed by atoms with E-state index in [-0.39, 0.29) is 18.1 Å². The Morgan fingerprint density at radius 2 is 1.92 bits per heavy atom. The average molecular weight is 325 g/mol. The summed E-state index contributed by atoms with van der Waals surface area (Å²) >= 11 is 0. The Morgan fingerprint density at radius 1 is 1.21 bits per heavy atom. The summed E-state index contributed by atoms with van der Waals surface area (Å²) in [4.78, 5) is 16.1. The first kappa shape index (κ1) is 15.7. The maximum Gasteiger partial charge on any atom is 0.339 e. The topological polar surface area (TPSA) is 92.2 Å². The van der Waals surface area contributed by atoms with Crippen LogP contribution in [0, 0.1) is 5.21 Å². The highest BCUT2D eigenvalue weighted by Gasteiger charge is 2.13. The van der Waals surface area contributed by atoms with E-state index in [4.69, 9.17) is 9.26 Å². The third-order valence-electron chi connectivity index (χ3n) is 3.45. The van der Waals surface area contributed by atoms with Gasteiger partial charge in [0.25, 0.3) is 5.89 Å². The molecule has 0 atom stereocenters. The van der Waals surface area contributed by atoms with Gasteiger partial charge in [0.1, 0.15) is 0 Å². The minimum absolute atomic E-state index is 0.134. The fraction of sp³-hybridized carbons (Fsp3) is 0.176. The molecule has 2 aromatic heterocycles. The van der Waals surface area contributed by atoms with E-state index in [1.165, 1.54) is 30.1 Å². The van der Waals surface area contributed by atoms with Crippen LogP contribution in [-0.4, -0.2) is 16.1 Å². The quantitative estimate of drug-likeness (QED) is 0.406. The van der Waals surface area contributed by atoms with Gasteiger partial charge < -0.3 is 14.5 Å². The molecule has 7 heteroatoms. The predicted molar refractivity (Wildman–Crippen MR) is 83.6 cm³/mol. The van der Waals surface area contributed by atoms with Gasteiger partial charge in [0.05, 0.1) is 5.56 Å². The largest absolute Gasteiger partial charge is 0.619 e. The molecular formula is C17H15N3O4. The van der Waals surface area contributed by atoms with Gasteiger partial charge in [-0.05, 0) is 12.0 Å². The Morgan fingerprint density at radius 3 is 2.58 bits per heavy atom. The Labute approximate surface area is 138 Å². The summed E-state index contributed by atoms with van der Waals surface area (Å²) in [6, 6.07) is 10.6. The fourth-order valence-electron chi connectivity index (χ4n) is 2.08. The summed E-state index contributed by atoms with van der Waals surface area (Å²) in [6.07, 6.45) is 3.41. The fourth-order valence-corrected chi connectivity index (χ4v) is 2.08. The van der Waals surface area contributed by atoms with E-state index in [1.807, 2.05) is 24.3 Å².